The van der Waals surface area contributed by atoms with E-state index in [4.69, 9.17) is 4.52 Å². The van der Waals surface area contributed by atoms with E-state index in [0.29, 0.717) is 11.7 Å². The van der Waals surface area contributed by atoms with Crippen molar-refractivity contribution in [2.24, 2.45) is 4.99 Å². The van der Waals surface area contributed by atoms with Crippen LogP contribution in [0.3, 0.4) is 0 Å². The number of nitrogens with one attached hydrogen (secondary N) is 2. The number of aryl methyl sites for hydroxylation is 2. The van der Waals surface area contributed by atoms with Gasteiger partial charge in [-0.1, -0.05) is 5.16 Å². The van der Waals surface area contributed by atoms with E-state index in [-0.39, 0.29) is 4.75 Å². The van der Waals surface area contributed by atoms with E-state index in [9.17, 15) is 0 Å². The summed E-state index contributed by atoms with van der Waals surface area (Å²) in [6.45, 7) is 7.92. The Morgan fingerprint density at radius 2 is 2.15 bits per heavy atom. The van der Waals surface area contributed by atoms with Gasteiger partial charge in [0.05, 0.1) is 0 Å². The van der Waals surface area contributed by atoms with Gasteiger partial charge in [-0.05, 0) is 33.4 Å². The zero-order chi connectivity index (χ0) is 15.0. The van der Waals surface area contributed by atoms with Crippen molar-refractivity contribution in [3.8, 4) is 0 Å². The van der Waals surface area contributed by atoms with E-state index in [0.717, 1.165) is 31.9 Å². The van der Waals surface area contributed by atoms with Crippen molar-refractivity contribution in [1.82, 2.24) is 20.8 Å². The molecule has 1 aromatic rings. The summed E-state index contributed by atoms with van der Waals surface area (Å²) in [5, 5.41) is 10.4. The number of guanidine groups is 1. The zero-order valence-corrected chi connectivity index (χ0v) is 13.8. The first-order chi connectivity index (χ1) is 9.46. The van der Waals surface area contributed by atoms with Crippen LogP contribution in [0.25, 0.3) is 0 Å². The molecule has 0 aromatic carbocycles. The highest BCUT2D eigenvalue weighted by Gasteiger charge is 2.15. The molecule has 1 heterocycles. The van der Waals surface area contributed by atoms with Gasteiger partial charge in [0.1, 0.15) is 0 Å². The Kier molecular flexibility index (Phi) is 6.84. The van der Waals surface area contributed by atoms with Gasteiger partial charge in [-0.2, -0.15) is 16.7 Å². The third-order valence-electron chi connectivity index (χ3n) is 2.89. The van der Waals surface area contributed by atoms with Gasteiger partial charge in [-0.25, -0.2) is 0 Å². The maximum atomic E-state index is 5.07. The molecule has 0 unspecified atom stereocenters. The maximum absolute atomic E-state index is 5.07. The Hall–Kier alpha value is -1.24. The van der Waals surface area contributed by atoms with Gasteiger partial charge < -0.3 is 15.2 Å². The SMILES string of the molecule is CN=C(NCCCc1nc(C)no1)NCC(C)(C)SC. The van der Waals surface area contributed by atoms with Crippen molar-refractivity contribution < 1.29 is 4.52 Å². The Morgan fingerprint density at radius 3 is 2.70 bits per heavy atom. The summed E-state index contributed by atoms with van der Waals surface area (Å²) in [7, 11) is 1.78. The second-order valence-corrected chi connectivity index (χ2v) is 6.67. The summed E-state index contributed by atoms with van der Waals surface area (Å²) >= 11 is 1.83. The van der Waals surface area contributed by atoms with Crippen LogP contribution < -0.4 is 10.6 Å². The standard InChI is InChI=1S/C13H25N5OS/c1-10-17-11(19-18-10)7-6-8-15-12(14-4)16-9-13(2,3)20-5/h6-9H2,1-5H3,(H2,14,15,16). The second-order valence-electron chi connectivity index (χ2n) is 5.16. The predicted molar refractivity (Wildman–Crippen MR) is 84.3 cm³/mol. The largest absolute Gasteiger partial charge is 0.356 e. The molecule has 1 aromatic heterocycles. The molecule has 0 bridgehead atoms. The van der Waals surface area contributed by atoms with Crippen LogP contribution in [0.15, 0.2) is 9.52 Å². The molecule has 0 saturated heterocycles. The minimum absolute atomic E-state index is 0.193. The second kappa shape index (κ2) is 8.14. The molecule has 0 aliphatic carbocycles. The van der Waals surface area contributed by atoms with Crippen molar-refractivity contribution in [2.45, 2.75) is 38.4 Å². The predicted octanol–water partition coefficient (Wildman–Crippen LogP) is 1.62. The Morgan fingerprint density at radius 1 is 1.40 bits per heavy atom. The number of aromatic nitrogens is 2. The first kappa shape index (κ1) is 16.8. The molecule has 0 fully saturated rings. The van der Waals surface area contributed by atoms with Crippen LogP contribution in [0.5, 0.6) is 0 Å². The highest BCUT2D eigenvalue weighted by atomic mass is 32.2. The fourth-order valence-corrected chi connectivity index (χ4v) is 1.69. The van der Waals surface area contributed by atoms with Crippen LogP contribution in [0.4, 0.5) is 0 Å². The van der Waals surface area contributed by atoms with E-state index in [1.165, 1.54) is 0 Å². The molecule has 0 aliphatic heterocycles. The molecular weight excluding hydrogens is 274 g/mol. The van der Waals surface area contributed by atoms with Crippen LogP contribution >= 0.6 is 11.8 Å². The first-order valence-electron chi connectivity index (χ1n) is 6.75. The molecule has 114 valence electrons. The average molecular weight is 299 g/mol. The Balaban J connectivity index is 2.22. The van der Waals surface area contributed by atoms with E-state index >= 15 is 0 Å². The summed E-state index contributed by atoms with van der Waals surface area (Å²) in [5.74, 6) is 2.20. The number of thioether (sulfide) groups is 1. The van der Waals surface area contributed by atoms with E-state index in [2.05, 4.69) is 45.9 Å². The topological polar surface area (TPSA) is 75.3 Å². The van der Waals surface area contributed by atoms with Gasteiger partial charge in [0.25, 0.3) is 0 Å². The summed E-state index contributed by atoms with van der Waals surface area (Å²) in [5.41, 5.74) is 0. The average Bonchev–Trinajstić information content (AvgIpc) is 2.83. The van der Waals surface area contributed by atoms with Crippen LogP contribution in [0.2, 0.25) is 0 Å². The Labute approximate surface area is 125 Å². The van der Waals surface area contributed by atoms with Crippen LogP contribution in [0, 0.1) is 6.92 Å². The molecule has 0 aliphatic rings. The molecule has 2 N–H and O–H groups in total. The van der Waals surface area contributed by atoms with Crippen molar-refractivity contribution >= 4 is 17.7 Å². The number of hydrogen-bond donors (Lipinski definition) is 2. The van der Waals surface area contributed by atoms with Gasteiger partial charge >= 0.3 is 0 Å². The molecule has 7 heteroatoms. The number of hydrogen-bond acceptors (Lipinski definition) is 5. The fraction of sp³-hybridized carbons (Fsp3) is 0.769. The van der Waals surface area contributed by atoms with Crippen molar-refractivity contribution in [3.63, 3.8) is 0 Å². The first-order valence-corrected chi connectivity index (χ1v) is 7.98. The van der Waals surface area contributed by atoms with E-state index < -0.39 is 0 Å². The third-order valence-corrected chi connectivity index (χ3v) is 4.14. The molecule has 0 saturated carbocycles. The van der Waals surface area contributed by atoms with Crippen molar-refractivity contribution in [2.75, 3.05) is 26.4 Å². The lowest BCUT2D eigenvalue weighted by molar-refractivity contribution is 0.372. The zero-order valence-electron chi connectivity index (χ0n) is 13.0. The quantitative estimate of drug-likeness (QED) is 0.453. The lowest BCUT2D eigenvalue weighted by atomic mass is 10.2. The molecular formula is C13H25N5OS. The van der Waals surface area contributed by atoms with Crippen LogP contribution in [-0.2, 0) is 6.42 Å². The van der Waals surface area contributed by atoms with Crippen molar-refractivity contribution in [3.05, 3.63) is 11.7 Å². The maximum Gasteiger partial charge on any atom is 0.226 e. The molecule has 6 nitrogen and oxygen atoms in total. The molecule has 1 rings (SSSR count). The van der Waals surface area contributed by atoms with Crippen LogP contribution in [0.1, 0.15) is 32.0 Å². The van der Waals surface area contributed by atoms with Crippen molar-refractivity contribution in [1.29, 1.82) is 0 Å². The Bertz CT molecular complexity index is 430. The van der Waals surface area contributed by atoms with Gasteiger partial charge in [0.15, 0.2) is 11.8 Å². The molecule has 0 atom stereocenters. The lowest BCUT2D eigenvalue weighted by Crippen LogP contribution is -2.43. The van der Waals surface area contributed by atoms with E-state index in [1.54, 1.807) is 7.05 Å². The van der Waals surface area contributed by atoms with Gasteiger partial charge in [0.2, 0.25) is 5.89 Å². The molecule has 0 radical (unpaired) electrons. The highest BCUT2D eigenvalue weighted by Crippen LogP contribution is 2.19. The molecule has 0 amide bonds. The monoisotopic (exact) mass is 299 g/mol. The number of nitrogens with zero attached hydrogens (tertiary/aromatic N) is 3. The van der Waals surface area contributed by atoms with Gasteiger partial charge in [0, 0.05) is 31.3 Å². The normalized spacial score (nSPS) is 12.6. The summed E-state index contributed by atoms with van der Waals surface area (Å²) in [6, 6.07) is 0. The number of rotatable bonds is 7. The third kappa shape index (κ3) is 6.27. The van der Waals surface area contributed by atoms with Crippen LogP contribution in [-0.4, -0.2) is 47.2 Å². The van der Waals surface area contributed by atoms with Gasteiger partial charge in [-0.3, -0.25) is 4.99 Å². The highest BCUT2D eigenvalue weighted by molar-refractivity contribution is 7.99. The summed E-state index contributed by atoms with van der Waals surface area (Å²) in [6.07, 6.45) is 3.82. The minimum Gasteiger partial charge on any atom is -0.356 e. The fourth-order valence-electron chi connectivity index (χ4n) is 1.48. The smallest absolute Gasteiger partial charge is 0.226 e. The van der Waals surface area contributed by atoms with Gasteiger partial charge in [-0.15, -0.1) is 0 Å². The van der Waals surface area contributed by atoms with E-state index in [1.807, 2.05) is 18.7 Å². The minimum atomic E-state index is 0.193. The summed E-state index contributed by atoms with van der Waals surface area (Å²) in [4.78, 5) is 8.38. The lowest BCUT2D eigenvalue weighted by Gasteiger charge is -2.23. The molecule has 20 heavy (non-hydrogen) atoms. The number of aliphatic imine (C=N–C) groups is 1. The molecule has 0 spiro atoms. The summed E-state index contributed by atoms with van der Waals surface area (Å²) < 4.78 is 5.26.